The molecule has 0 saturated carbocycles. The second-order valence-electron chi connectivity index (χ2n) is 2.09. The van der Waals surface area contributed by atoms with Gasteiger partial charge in [-0.3, -0.25) is 4.52 Å². The van der Waals surface area contributed by atoms with E-state index in [1.54, 1.807) is 0 Å². The second-order valence-corrected chi connectivity index (χ2v) is 2.94. The van der Waals surface area contributed by atoms with E-state index < -0.39 is 27.1 Å². The molecule has 0 aromatic carbocycles. The monoisotopic (exact) mass is 192 g/mol. The van der Waals surface area contributed by atoms with E-state index in [-0.39, 0.29) is 0 Å². The van der Waals surface area contributed by atoms with E-state index in [0.29, 0.717) is 0 Å². The van der Waals surface area contributed by atoms with Gasteiger partial charge in [-0.1, -0.05) is 0 Å². The molecule has 0 aliphatic carbocycles. The van der Waals surface area contributed by atoms with Crippen LogP contribution in [0.2, 0.25) is 0 Å². The summed E-state index contributed by atoms with van der Waals surface area (Å²) in [7, 11) is -2.83. The first-order valence-electron chi connectivity index (χ1n) is 2.77. The van der Waals surface area contributed by atoms with Crippen molar-refractivity contribution >= 4 is 8.69 Å². The highest BCUT2D eigenvalue weighted by Gasteiger charge is 2.52. The van der Waals surface area contributed by atoms with Gasteiger partial charge in [-0.25, -0.2) is 0 Å². The molecular weight excluding hydrogens is 187 g/mol. The normalized spacial score (nSPS) is 39.5. The third-order valence-corrected chi connectivity index (χ3v) is 2.09. The maximum atomic E-state index is 12.1. The fourth-order valence-electron chi connectivity index (χ4n) is 0.712. The molecule has 1 rings (SSSR count). The average Bonchev–Trinajstić information content (AvgIpc) is 2.08. The lowest BCUT2D eigenvalue weighted by Crippen LogP contribution is -2.35. The maximum Gasteiger partial charge on any atom is 0.417 e. The first kappa shape index (κ1) is 9.16. The summed E-state index contributed by atoms with van der Waals surface area (Å²) in [5, 5.41) is 0. The second kappa shape index (κ2) is 2.84. The van der Waals surface area contributed by atoms with Crippen molar-refractivity contribution in [1.29, 1.82) is 0 Å². The van der Waals surface area contributed by atoms with E-state index in [4.69, 9.17) is 0 Å². The molecule has 1 saturated heterocycles. The molecule has 11 heavy (non-hydrogen) atoms. The molecule has 66 valence electrons. The van der Waals surface area contributed by atoms with E-state index in [1.807, 2.05) is 0 Å². The molecule has 3 atom stereocenters. The van der Waals surface area contributed by atoms with Crippen molar-refractivity contribution in [3.63, 3.8) is 0 Å². The van der Waals surface area contributed by atoms with Gasteiger partial charge < -0.3 is 4.52 Å². The van der Waals surface area contributed by atoms with Crippen LogP contribution in [0.15, 0.2) is 0 Å². The summed E-state index contributed by atoms with van der Waals surface area (Å²) >= 11 is 0. The Labute approximate surface area is 61.5 Å². The molecule has 0 radical (unpaired) electrons. The predicted octanol–water partition coefficient (Wildman–Crippen LogP) is 2.55. The van der Waals surface area contributed by atoms with Crippen molar-refractivity contribution in [2.24, 2.45) is 0 Å². The van der Waals surface area contributed by atoms with Crippen LogP contribution in [0.1, 0.15) is 6.92 Å². The Morgan fingerprint density at radius 2 is 1.82 bits per heavy atom. The molecule has 3 unspecified atom stereocenters. The van der Waals surface area contributed by atoms with E-state index in [1.165, 1.54) is 0 Å². The zero-order valence-corrected chi connectivity index (χ0v) is 6.32. The molecule has 1 aliphatic rings. The predicted molar refractivity (Wildman–Crippen MR) is 29.5 cm³/mol. The van der Waals surface area contributed by atoms with Crippen molar-refractivity contribution in [2.75, 3.05) is 0 Å². The van der Waals surface area contributed by atoms with Crippen LogP contribution < -0.4 is 0 Å². The van der Waals surface area contributed by atoms with Gasteiger partial charge >= 0.3 is 14.9 Å². The SMILES string of the molecule is CC1OP(F)OC1C(F)(F)F. The minimum Gasteiger partial charge on any atom is -0.303 e. The van der Waals surface area contributed by atoms with Gasteiger partial charge in [0.15, 0.2) is 6.10 Å². The molecule has 1 aliphatic heterocycles. The van der Waals surface area contributed by atoms with E-state index >= 15 is 0 Å². The molecule has 0 amide bonds. The molecule has 1 heterocycles. The molecule has 0 aromatic heterocycles. The number of rotatable bonds is 0. The lowest BCUT2D eigenvalue weighted by molar-refractivity contribution is -0.199. The largest absolute Gasteiger partial charge is 0.417 e. The molecule has 7 heteroatoms. The average molecular weight is 192 g/mol. The van der Waals surface area contributed by atoms with Crippen LogP contribution in [0, 0.1) is 0 Å². The highest BCUT2D eigenvalue weighted by atomic mass is 31.2. The maximum absolute atomic E-state index is 12.1. The Morgan fingerprint density at radius 3 is 2.00 bits per heavy atom. The number of hydrogen-bond donors (Lipinski definition) is 0. The summed E-state index contributed by atoms with van der Waals surface area (Å²) < 4.78 is 55.6. The zero-order chi connectivity index (χ0) is 8.65. The van der Waals surface area contributed by atoms with Crippen LogP contribution in [0.25, 0.3) is 0 Å². The minimum atomic E-state index is -4.54. The van der Waals surface area contributed by atoms with Gasteiger partial charge in [0.1, 0.15) is 0 Å². The van der Waals surface area contributed by atoms with Crippen LogP contribution in [0.4, 0.5) is 17.4 Å². The Morgan fingerprint density at radius 1 is 1.27 bits per heavy atom. The van der Waals surface area contributed by atoms with Crippen LogP contribution in [0.3, 0.4) is 0 Å². The first-order valence-corrected chi connectivity index (χ1v) is 3.84. The third kappa shape index (κ3) is 2.01. The van der Waals surface area contributed by atoms with Gasteiger partial charge in [-0.05, 0) is 6.92 Å². The van der Waals surface area contributed by atoms with Crippen LogP contribution in [-0.2, 0) is 9.05 Å². The summed E-state index contributed by atoms with van der Waals surface area (Å²) in [5.74, 6) is 0. The molecular formula is C4H5F4O2P. The van der Waals surface area contributed by atoms with E-state index in [2.05, 4.69) is 9.05 Å². The Hall–Kier alpha value is 0.0700. The number of alkyl halides is 3. The summed E-state index contributed by atoms with van der Waals surface area (Å²) in [6.07, 6.45) is -7.90. The first-order chi connectivity index (χ1) is 4.91. The van der Waals surface area contributed by atoms with Crippen molar-refractivity contribution in [3.05, 3.63) is 0 Å². The summed E-state index contributed by atoms with van der Waals surface area (Å²) in [6, 6.07) is 0. The molecule has 2 nitrogen and oxygen atoms in total. The smallest absolute Gasteiger partial charge is 0.303 e. The zero-order valence-electron chi connectivity index (χ0n) is 5.43. The van der Waals surface area contributed by atoms with E-state index in [9.17, 15) is 17.4 Å². The minimum absolute atomic E-state index is 1.13. The standard InChI is InChI=1S/C4H5F4O2P/c1-2-3(4(5,6)7)10-11(8)9-2/h2-3H,1H3. The van der Waals surface area contributed by atoms with Gasteiger partial charge in [0.25, 0.3) is 0 Å². The molecule has 0 N–H and O–H groups in total. The lowest BCUT2D eigenvalue weighted by atomic mass is 10.2. The lowest BCUT2D eigenvalue weighted by Gasteiger charge is -2.14. The topological polar surface area (TPSA) is 18.5 Å². The van der Waals surface area contributed by atoms with Gasteiger partial charge in [-0.2, -0.15) is 17.4 Å². The van der Waals surface area contributed by atoms with Crippen LogP contribution in [-0.4, -0.2) is 18.4 Å². The number of halogens is 4. The quantitative estimate of drug-likeness (QED) is 0.433. The molecule has 0 spiro atoms. The molecule has 0 aromatic rings. The van der Waals surface area contributed by atoms with Gasteiger partial charge in [0, 0.05) is 0 Å². The number of hydrogen-bond acceptors (Lipinski definition) is 2. The van der Waals surface area contributed by atoms with Crippen LogP contribution in [0.5, 0.6) is 0 Å². The van der Waals surface area contributed by atoms with Crippen LogP contribution >= 0.6 is 8.69 Å². The Bertz CT molecular complexity index is 150. The Kier molecular flexibility index (Phi) is 2.37. The third-order valence-electron chi connectivity index (χ3n) is 1.19. The Balaban J connectivity index is 2.60. The van der Waals surface area contributed by atoms with Crippen molar-refractivity contribution in [3.8, 4) is 0 Å². The molecule has 1 fully saturated rings. The van der Waals surface area contributed by atoms with Crippen molar-refractivity contribution < 1.29 is 26.4 Å². The summed E-state index contributed by atoms with van der Waals surface area (Å²) in [4.78, 5) is 0. The highest BCUT2D eigenvalue weighted by molar-refractivity contribution is 7.41. The fraction of sp³-hybridized carbons (Fsp3) is 1.00. The van der Waals surface area contributed by atoms with Gasteiger partial charge in [0.2, 0.25) is 0 Å². The van der Waals surface area contributed by atoms with Crippen molar-refractivity contribution in [2.45, 2.75) is 25.3 Å². The van der Waals surface area contributed by atoms with Gasteiger partial charge in [-0.15, -0.1) is 0 Å². The van der Waals surface area contributed by atoms with Gasteiger partial charge in [0.05, 0.1) is 6.10 Å². The molecule has 0 bridgehead atoms. The summed E-state index contributed by atoms with van der Waals surface area (Å²) in [5.41, 5.74) is 0. The summed E-state index contributed by atoms with van der Waals surface area (Å²) in [6.45, 7) is 1.13. The van der Waals surface area contributed by atoms with E-state index in [0.717, 1.165) is 6.92 Å². The fourth-order valence-corrected chi connectivity index (χ4v) is 1.60. The van der Waals surface area contributed by atoms with Crippen molar-refractivity contribution in [1.82, 2.24) is 0 Å². The highest BCUT2D eigenvalue weighted by Crippen LogP contribution is 2.52.